The fraction of sp³-hybridized carbons (Fsp3) is 0.700. The average Bonchev–Trinajstić information content (AvgIpc) is 2.56. The molecule has 4 nitrogen and oxygen atoms in total. The molecular weight excluding hydrogens is 336 g/mol. The van der Waals surface area contributed by atoms with Crippen molar-refractivity contribution in [1.29, 1.82) is 0 Å². The van der Waals surface area contributed by atoms with E-state index in [1.807, 2.05) is 6.07 Å². The summed E-state index contributed by atoms with van der Waals surface area (Å²) in [5.74, 6) is 0.845. The summed E-state index contributed by atoms with van der Waals surface area (Å²) in [7, 11) is -3.98. The van der Waals surface area contributed by atoms with Gasteiger partial charge in [0.2, 0.25) is 0 Å². The second-order valence-electron chi connectivity index (χ2n) is 6.82. The first-order valence-electron chi connectivity index (χ1n) is 9.59. The fourth-order valence-electron chi connectivity index (χ4n) is 2.75. The lowest BCUT2D eigenvalue weighted by atomic mass is 10.00. The number of benzene rings is 1. The van der Waals surface area contributed by atoms with Crippen molar-refractivity contribution in [3.63, 3.8) is 0 Å². The maximum Gasteiger partial charge on any atom is 0.267 e. The van der Waals surface area contributed by atoms with Crippen LogP contribution >= 0.6 is 0 Å². The van der Waals surface area contributed by atoms with Crippen LogP contribution in [0.3, 0.4) is 0 Å². The van der Waals surface area contributed by atoms with Crippen LogP contribution in [0, 0.1) is 0 Å². The van der Waals surface area contributed by atoms with E-state index in [0.717, 1.165) is 25.0 Å². The third kappa shape index (κ3) is 8.73. The van der Waals surface area contributed by atoms with Gasteiger partial charge in [-0.25, -0.2) is 0 Å². The predicted octanol–water partition coefficient (Wildman–Crippen LogP) is 5.20. The third-order valence-electron chi connectivity index (χ3n) is 4.53. The summed E-state index contributed by atoms with van der Waals surface area (Å²) in [6, 6.07) is 6.37. The van der Waals surface area contributed by atoms with Crippen molar-refractivity contribution in [3.05, 3.63) is 29.3 Å². The number of rotatable bonds is 13. The standard InChI is InChI=1S/C20H34O4S/c1-4-6-8-10-18-12-13-20(19(16-18)11-9-7-5-2)24-15-14-17(3)25(21,22)23/h12-13,16-17H,4-11,14-15H2,1-3H3,(H,21,22,23). The van der Waals surface area contributed by atoms with Crippen molar-refractivity contribution < 1.29 is 17.7 Å². The summed E-state index contributed by atoms with van der Waals surface area (Å²) in [4.78, 5) is 0. The van der Waals surface area contributed by atoms with Gasteiger partial charge in [0.05, 0.1) is 11.9 Å². The molecule has 0 bridgehead atoms. The molecule has 0 aliphatic heterocycles. The first kappa shape index (κ1) is 22.0. The van der Waals surface area contributed by atoms with E-state index in [4.69, 9.17) is 9.29 Å². The van der Waals surface area contributed by atoms with Crippen LogP contribution < -0.4 is 4.74 Å². The highest BCUT2D eigenvalue weighted by molar-refractivity contribution is 7.86. The Bertz CT molecular complexity index is 596. The molecule has 1 rings (SSSR count). The maximum atomic E-state index is 11.1. The van der Waals surface area contributed by atoms with Crippen molar-refractivity contribution in [2.75, 3.05) is 6.61 Å². The number of hydrogen-bond donors (Lipinski definition) is 1. The molecule has 0 spiro atoms. The molecule has 0 heterocycles. The van der Waals surface area contributed by atoms with Gasteiger partial charge < -0.3 is 4.74 Å². The quantitative estimate of drug-likeness (QED) is 0.383. The van der Waals surface area contributed by atoms with Gasteiger partial charge >= 0.3 is 0 Å². The van der Waals surface area contributed by atoms with Crippen LogP contribution in [0.15, 0.2) is 18.2 Å². The predicted molar refractivity (Wildman–Crippen MR) is 104 cm³/mol. The summed E-state index contributed by atoms with van der Waals surface area (Å²) < 4.78 is 37.0. The van der Waals surface area contributed by atoms with Gasteiger partial charge in [-0.1, -0.05) is 51.7 Å². The highest BCUT2D eigenvalue weighted by Gasteiger charge is 2.17. The van der Waals surface area contributed by atoms with Crippen molar-refractivity contribution in [2.45, 2.75) is 83.8 Å². The maximum absolute atomic E-state index is 11.1. The Morgan fingerprint density at radius 2 is 1.68 bits per heavy atom. The molecule has 1 atom stereocenters. The third-order valence-corrected chi connectivity index (χ3v) is 5.79. The summed E-state index contributed by atoms with van der Waals surface area (Å²) in [6.45, 7) is 6.19. The van der Waals surface area contributed by atoms with Crippen LogP contribution in [0.2, 0.25) is 0 Å². The molecule has 5 heteroatoms. The van der Waals surface area contributed by atoms with Crippen molar-refractivity contribution in [2.24, 2.45) is 0 Å². The number of aryl methyl sites for hydroxylation is 2. The monoisotopic (exact) mass is 370 g/mol. The first-order chi connectivity index (χ1) is 11.9. The van der Waals surface area contributed by atoms with E-state index >= 15 is 0 Å². The number of unbranched alkanes of at least 4 members (excludes halogenated alkanes) is 4. The highest BCUT2D eigenvalue weighted by atomic mass is 32.2. The zero-order valence-electron chi connectivity index (χ0n) is 16.0. The number of ether oxygens (including phenoxy) is 1. The van der Waals surface area contributed by atoms with Crippen molar-refractivity contribution in [3.8, 4) is 5.75 Å². The van der Waals surface area contributed by atoms with Gasteiger partial charge in [-0.15, -0.1) is 0 Å². The Kier molecular flexibility index (Phi) is 10.1. The van der Waals surface area contributed by atoms with Gasteiger partial charge in [0.25, 0.3) is 10.1 Å². The molecule has 144 valence electrons. The minimum Gasteiger partial charge on any atom is -0.493 e. The topological polar surface area (TPSA) is 63.6 Å². The molecule has 0 aliphatic carbocycles. The lowest BCUT2D eigenvalue weighted by Crippen LogP contribution is -2.19. The highest BCUT2D eigenvalue weighted by Crippen LogP contribution is 2.24. The fourth-order valence-corrected chi connectivity index (χ4v) is 3.15. The van der Waals surface area contributed by atoms with Crippen LogP contribution in [0.4, 0.5) is 0 Å². The van der Waals surface area contributed by atoms with Crippen molar-refractivity contribution >= 4 is 10.1 Å². The van der Waals surface area contributed by atoms with Crippen LogP contribution in [0.25, 0.3) is 0 Å². The Morgan fingerprint density at radius 3 is 2.28 bits per heavy atom. The molecule has 0 saturated heterocycles. The van der Waals surface area contributed by atoms with Crippen LogP contribution in [0.5, 0.6) is 5.75 Å². The molecule has 0 radical (unpaired) electrons. The summed E-state index contributed by atoms with van der Waals surface area (Å²) in [5.41, 5.74) is 2.56. The summed E-state index contributed by atoms with van der Waals surface area (Å²) >= 11 is 0. The van der Waals surface area contributed by atoms with Gasteiger partial charge in [0, 0.05) is 6.42 Å². The van der Waals surface area contributed by atoms with Crippen LogP contribution in [0.1, 0.15) is 76.8 Å². The lowest BCUT2D eigenvalue weighted by molar-refractivity contribution is 0.303. The SMILES string of the molecule is CCCCCc1ccc(OCCC(C)S(=O)(=O)O)c(CCCCC)c1. The van der Waals surface area contributed by atoms with Gasteiger partial charge in [-0.05, 0) is 49.8 Å². The van der Waals surface area contributed by atoms with E-state index in [0.29, 0.717) is 0 Å². The average molecular weight is 371 g/mol. The molecule has 25 heavy (non-hydrogen) atoms. The normalized spacial score (nSPS) is 13.0. The molecule has 0 fully saturated rings. The molecular formula is C20H34O4S. The van der Waals surface area contributed by atoms with Gasteiger partial charge in [0.1, 0.15) is 5.75 Å². The van der Waals surface area contributed by atoms with Crippen LogP contribution in [-0.4, -0.2) is 24.8 Å². The second-order valence-corrected chi connectivity index (χ2v) is 8.65. The Morgan fingerprint density at radius 1 is 1.04 bits per heavy atom. The summed E-state index contributed by atoms with van der Waals surface area (Å²) in [5, 5.41) is -0.802. The number of hydrogen-bond acceptors (Lipinski definition) is 3. The van der Waals surface area contributed by atoms with E-state index in [1.54, 1.807) is 0 Å². The summed E-state index contributed by atoms with van der Waals surface area (Å²) in [6.07, 6.45) is 9.54. The molecule has 0 aromatic heterocycles. The van der Waals surface area contributed by atoms with Gasteiger partial charge in [-0.3, -0.25) is 4.55 Å². The molecule has 1 unspecified atom stereocenters. The van der Waals surface area contributed by atoms with E-state index in [9.17, 15) is 8.42 Å². The Labute approximate surface area is 153 Å². The van der Waals surface area contributed by atoms with E-state index < -0.39 is 15.4 Å². The minimum atomic E-state index is -3.98. The molecule has 1 aromatic rings. The van der Waals surface area contributed by atoms with Gasteiger partial charge in [-0.2, -0.15) is 8.42 Å². The minimum absolute atomic E-state index is 0.283. The smallest absolute Gasteiger partial charge is 0.267 e. The van der Waals surface area contributed by atoms with Crippen LogP contribution in [-0.2, 0) is 23.0 Å². The Balaban J connectivity index is 2.71. The van der Waals surface area contributed by atoms with E-state index in [-0.39, 0.29) is 13.0 Å². The molecule has 0 saturated carbocycles. The zero-order valence-corrected chi connectivity index (χ0v) is 16.8. The van der Waals surface area contributed by atoms with E-state index in [2.05, 4.69) is 26.0 Å². The van der Waals surface area contributed by atoms with E-state index in [1.165, 1.54) is 50.2 Å². The molecule has 1 N–H and O–H groups in total. The molecule has 0 aliphatic rings. The largest absolute Gasteiger partial charge is 0.493 e. The van der Waals surface area contributed by atoms with Crippen molar-refractivity contribution in [1.82, 2.24) is 0 Å². The Hall–Kier alpha value is -1.07. The second kappa shape index (κ2) is 11.5. The molecule has 0 amide bonds. The first-order valence-corrected chi connectivity index (χ1v) is 11.1. The molecule has 1 aromatic carbocycles. The van der Waals surface area contributed by atoms with Gasteiger partial charge in [0.15, 0.2) is 0 Å². The lowest BCUT2D eigenvalue weighted by Gasteiger charge is -2.15. The zero-order chi connectivity index (χ0) is 18.7.